The summed E-state index contributed by atoms with van der Waals surface area (Å²) in [5.74, 6) is -0.191. The number of nitrogens with zero attached hydrogens (tertiary/aromatic N) is 2. The van der Waals surface area contributed by atoms with Gasteiger partial charge in [-0.1, -0.05) is 0 Å². The predicted molar refractivity (Wildman–Crippen MR) is 85.9 cm³/mol. The number of hydrogen-bond acceptors (Lipinski definition) is 4. The summed E-state index contributed by atoms with van der Waals surface area (Å²) in [4.78, 5) is 27.9. The van der Waals surface area contributed by atoms with Crippen LogP contribution in [0, 0.1) is 0 Å². The third kappa shape index (κ3) is 3.39. The number of likely N-dealkylation sites (N-methyl/N-ethyl adjacent to an activating group) is 1. The first-order valence-corrected chi connectivity index (χ1v) is 7.75. The molecule has 2 saturated heterocycles. The number of carbonyl (C=O) groups excluding carboxylic acids is 2. The first kappa shape index (κ1) is 14.8. The van der Waals surface area contributed by atoms with Gasteiger partial charge >= 0.3 is 0 Å². The topological polar surface area (TPSA) is 64.7 Å². The molecule has 2 N–H and O–H groups in total. The van der Waals surface area contributed by atoms with Crippen LogP contribution >= 0.6 is 0 Å². The lowest BCUT2D eigenvalue weighted by Gasteiger charge is -2.34. The second-order valence-electron chi connectivity index (χ2n) is 5.99. The van der Waals surface area contributed by atoms with Crippen LogP contribution in [0.15, 0.2) is 24.3 Å². The number of anilines is 2. The minimum absolute atomic E-state index is 0.0504. The van der Waals surface area contributed by atoms with Crippen molar-refractivity contribution in [3.8, 4) is 0 Å². The lowest BCUT2D eigenvalue weighted by atomic mass is 10.2. The van der Waals surface area contributed by atoms with Gasteiger partial charge in [0.25, 0.3) is 0 Å². The van der Waals surface area contributed by atoms with E-state index in [1.54, 1.807) is 0 Å². The molecule has 0 bridgehead atoms. The molecule has 118 valence electrons. The van der Waals surface area contributed by atoms with Gasteiger partial charge < -0.3 is 20.4 Å². The Labute approximate surface area is 130 Å². The first-order valence-electron chi connectivity index (χ1n) is 7.75. The molecule has 0 aliphatic carbocycles. The second-order valence-corrected chi connectivity index (χ2v) is 5.99. The number of benzene rings is 1. The fourth-order valence-electron chi connectivity index (χ4n) is 2.86. The first-order chi connectivity index (χ1) is 10.6. The van der Waals surface area contributed by atoms with Crippen LogP contribution in [0.3, 0.4) is 0 Å². The Kier molecular flexibility index (Phi) is 4.29. The summed E-state index contributed by atoms with van der Waals surface area (Å²) < 4.78 is 0. The largest absolute Gasteiger partial charge is 0.369 e. The van der Waals surface area contributed by atoms with E-state index >= 15 is 0 Å². The van der Waals surface area contributed by atoms with E-state index in [0.717, 1.165) is 31.9 Å². The van der Waals surface area contributed by atoms with Crippen LogP contribution in [0.2, 0.25) is 0 Å². The van der Waals surface area contributed by atoms with Crippen LogP contribution in [0.5, 0.6) is 0 Å². The zero-order valence-corrected chi connectivity index (χ0v) is 12.8. The summed E-state index contributed by atoms with van der Waals surface area (Å²) >= 11 is 0. The smallest absolute Gasteiger partial charge is 0.246 e. The molecule has 3 rings (SSSR count). The van der Waals surface area contributed by atoms with Gasteiger partial charge in [-0.3, -0.25) is 9.59 Å². The molecule has 2 aliphatic rings. The molecule has 6 heteroatoms. The minimum atomic E-state index is -0.398. The zero-order chi connectivity index (χ0) is 15.5. The van der Waals surface area contributed by atoms with E-state index in [1.807, 2.05) is 24.3 Å². The SMILES string of the molecule is CN1CCN(c2ccc(NC(=O)C3CCC(=O)N3)cc2)CC1. The summed E-state index contributed by atoms with van der Waals surface area (Å²) in [6, 6.07) is 7.51. The Morgan fingerprint density at radius 1 is 1.18 bits per heavy atom. The highest BCUT2D eigenvalue weighted by atomic mass is 16.2. The Hall–Kier alpha value is -2.08. The monoisotopic (exact) mass is 302 g/mol. The van der Waals surface area contributed by atoms with Gasteiger partial charge in [0, 0.05) is 44.0 Å². The van der Waals surface area contributed by atoms with E-state index in [4.69, 9.17) is 0 Å². The molecule has 0 radical (unpaired) electrons. The van der Waals surface area contributed by atoms with Gasteiger partial charge in [0.2, 0.25) is 11.8 Å². The summed E-state index contributed by atoms with van der Waals surface area (Å²) in [6.07, 6.45) is 1.00. The number of carbonyl (C=O) groups is 2. The summed E-state index contributed by atoms with van der Waals surface area (Å²) in [6.45, 7) is 4.19. The number of rotatable bonds is 3. The lowest BCUT2D eigenvalue weighted by Crippen LogP contribution is -2.44. The molecule has 1 atom stereocenters. The van der Waals surface area contributed by atoms with E-state index in [-0.39, 0.29) is 11.8 Å². The van der Waals surface area contributed by atoms with Gasteiger partial charge in [0.15, 0.2) is 0 Å². The maximum absolute atomic E-state index is 12.0. The maximum Gasteiger partial charge on any atom is 0.246 e. The third-order valence-electron chi connectivity index (χ3n) is 4.32. The molecule has 1 aromatic rings. The Morgan fingerprint density at radius 3 is 2.45 bits per heavy atom. The molecule has 6 nitrogen and oxygen atoms in total. The van der Waals surface area contributed by atoms with Crippen LogP contribution in [0.1, 0.15) is 12.8 Å². The van der Waals surface area contributed by atoms with Crippen molar-refractivity contribution in [3.63, 3.8) is 0 Å². The van der Waals surface area contributed by atoms with Gasteiger partial charge in [-0.25, -0.2) is 0 Å². The van der Waals surface area contributed by atoms with Crippen molar-refractivity contribution in [2.45, 2.75) is 18.9 Å². The molecule has 2 amide bonds. The summed E-state index contributed by atoms with van der Waals surface area (Å²) in [7, 11) is 2.14. The fraction of sp³-hybridized carbons (Fsp3) is 0.500. The Morgan fingerprint density at radius 2 is 1.86 bits per heavy atom. The number of piperazine rings is 1. The number of amides is 2. The standard InChI is InChI=1S/C16H22N4O2/c1-19-8-10-20(11-9-19)13-4-2-12(3-5-13)17-16(22)14-6-7-15(21)18-14/h2-5,14H,6-11H2,1H3,(H,17,22)(H,18,21). The van der Waals surface area contributed by atoms with Crippen LogP contribution < -0.4 is 15.5 Å². The molecule has 0 saturated carbocycles. The van der Waals surface area contributed by atoms with Crippen molar-refractivity contribution >= 4 is 23.2 Å². The molecular weight excluding hydrogens is 280 g/mol. The highest BCUT2D eigenvalue weighted by molar-refractivity contribution is 5.99. The molecule has 0 aromatic heterocycles. The summed E-state index contributed by atoms with van der Waals surface area (Å²) in [5, 5.41) is 5.54. The molecule has 1 unspecified atom stereocenters. The molecule has 1 aromatic carbocycles. The molecule has 2 fully saturated rings. The van der Waals surface area contributed by atoms with Crippen molar-refractivity contribution in [2.75, 3.05) is 43.4 Å². The minimum Gasteiger partial charge on any atom is -0.369 e. The number of nitrogens with one attached hydrogen (secondary N) is 2. The average Bonchev–Trinajstić information content (AvgIpc) is 2.96. The van der Waals surface area contributed by atoms with Gasteiger partial charge in [-0.15, -0.1) is 0 Å². The van der Waals surface area contributed by atoms with Crippen molar-refractivity contribution < 1.29 is 9.59 Å². The zero-order valence-electron chi connectivity index (χ0n) is 12.8. The van der Waals surface area contributed by atoms with Crippen molar-refractivity contribution in [1.82, 2.24) is 10.2 Å². The van der Waals surface area contributed by atoms with Crippen molar-refractivity contribution in [3.05, 3.63) is 24.3 Å². The Bertz CT molecular complexity index is 550. The fourth-order valence-corrected chi connectivity index (χ4v) is 2.86. The second kappa shape index (κ2) is 6.36. The lowest BCUT2D eigenvalue weighted by molar-refractivity contribution is -0.122. The van der Waals surface area contributed by atoms with E-state index in [1.165, 1.54) is 5.69 Å². The highest BCUT2D eigenvalue weighted by Gasteiger charge is 2.27. The Balaban J connectivity index is 1.57. The van der Waals surface area contributed by atoms with Crippen LogP contribution in [-0.2, 0) is 9.59 Å². The van der Waals surface area contributed by atoms with Crippen molar-refractivity contribution in [1.29, 1.82) is 0 Å². The molecule has 0 spiro atoms. The molecule has 2 heterocycles. The molecular formula is C16H22N4O2. The molecule has 22 heavy (non-hydrogen) atoms. The van der Waals surface area contributed by atoms with Crippen LogP contribution in [-0.4, -0.2) is 56.0 Å². The maximum atomic E-state index is 12.0. The summed E-state index contributed by atoms with van der Waals surface area (Å²) in [5.41, 5.74) is 1.95. The van der Waals surface area contributed by atoms with E-state index < -0.39 is 6.04 Å². The van der Waals surface area contributed by atoms with Crippen molar-refractivity contribution in [2.24, 2.45) is 0 Å². The van der Waals surface area contributed by atoms with Gasteiger partial charge in [-0.05, 0) is 37.7 Å². The molecule has 2 aliphatic heterocycles. The van der Waals surface area contributed by atoms with E-state index in [0.29, 0.717) is 12.8 Å². The third-order valence-corrected chi connectivity index (χ3v) is 4.32. The van der Waals surface area contributed by atoms with Crippen LogP contribution in [0.25, 0.3) is 0 Å². The quantitative estimate of drug-likeness (QED) is 0.861. The normalized spacial score (nSPS) is 22.5. The average molecular weight is 302 g/mol. The van der Waals surface area contributed by atoms with E-state index in [9.17, 15) is 9.59 Å². The van der Waals surface area contributed by atoms with Gasteiger partial charge in [-0.2, -0.15) is 0 Å². The van der Waals surface area contributed by atoms with Gasteiger partial charge in [0.1, 0.15) is 6.04 Å². The number of hydrogen-bond donors (Lipinski definition) is 2. The van der Waals surface area contributed by atoms with Crippen LogP contribution in [0.4, 0.5) is 11.4 Å². The van der Waals surface area contributed by atoms with E-state index in [2.05, 4.69) is 27.5 Å². The van der Waals surface area contributed by atoms with Gasteiger partial charge in [0.05, 0.1) is 0 Å². The highest BCUT2D eigenvalue weighted by Crippen LogP contribution is 2.20. The predicted octanol–water partition coefficient (Wildman–Crippen LogP) is 0.655.